The maximum absolute atomic E-state index is 12.4. The van der Waals surface area contributed by atoms with E-state index in [9.17, 15) is 19.2 Å². The lowest BCUT2D eigenvalue weighted by molar-refractivity contribution is -0.227. The van der Waals surface area contributed by atoms with Crippen molar-refractivity contribution < 1.29 is 33.4 Å². The van der Waals surface area contributed by atoms with E-state index in [4.69, 9.17) is 37.4 Å². The third-order valence-electron chi connectivity index (χ3n) is 4.51. The van der Waals surface area contributed by atoms with Gasteiger partial charge in [0.05, 0.1) is 35.1 Å². The summed E-state index contributed by atoms with van der Waals surface area (Å²) >= 11 is 12.3. The number of ether oxygens (including phenoxy) is 3. The minimum Gasteiger partial charge on any atom is -0.459 e. The van der Waals surface area contributed by atoms with Gasteiger partial charge >= 0.3 is 0 Å². The lowest BCUT2D eigenvalue weighted by Gasteiger charge is -2.39. The summed E-state index contributed by atoms with van der Waals surface area (Å²) in [5, 5.41) is 0.456. The molecular formula is C20H12Cl2O7. The monoisotopic (exact) mass is 434 g/mol. The van der Waals surface area contributed by atoms with E-state index in [0.29, 0.717) is 23.7 Å². The summed E-state index contributed by atoms with van der Waals surface area (Å²) in [7, 11) is 0. The molecular weight excluding hydrogens is 423 g/mol. The predicted molar refractivity (Wildman–Crippen MR) is 101 cm³/mol. The molecule has 0 saturated carbocycles. The largest absolute Gasteiger partial charge is 0.459 e. The van der Waals surface area contributed by atoms with Crippen LogP contribution >= 0.6 is 23.2 Å². The number of carbonyl (C=O) groups is 4. The topological polar surface area (TPSA) is 96.0 Å². The quantitative estimate of drug-likeness (QED) is 0.384. The highest BCUT2D eigenvalue weighted by Crippen LogP contribution is 2.51. The minimum absolute atomic E-state index is 0.129. The molecule has 2 atom stereocenters. The molecule has 2 bridgehead atoms. The number of hydrogen-bond acceptors (Lipinski definition) is 7. The first-order valence-corrected chi connectivity index (χ1v) is 9.27. The second-order valence-electron chi connectivity index (χ2n) is 6.37. The fourth-order valence-electron chi connectivity index (χ4n) is 3.28. The first kappa shape index (κ1) is 19.6. The van der Waals surface area contributed by atoms with E-state index >= 15 is 0 Å². The van der Waals surface area contributed by atoms with Crippen LogP contribution in [0.3, 0.4) is 0 Å². The van der Waals surface area contributed by atoms with Crippen LogP contribution in [0, 0.1) is 0 Å². The summed E-state index contributed by atoms with van der Waals surface area (Å²) in [6.45, 7) is 0. The molecule has 7 nitrogen and oxygen atoms in total. The van der Waals surface area contributed by atoms with Crippen LogP contribution < -0.4 is 9.47 Å². The van der Waals surface area contributed by atoms with Crippen LogP contribution in [0.2, 0.25) is 10.0 Å². The summed E-state index contributed by atoms with van der Waals surface area (Å²) < 4.78 is 17.5. The van der Waals surface area contributed by atoms with Crippen LogP contribution in [0.4, 0.5) is 0 Å². The van der Waals surface area contributed by atoms with Gasteiger partial charge in [0, 0.05) is 10.0 Å². The number of ketones is 2. The van der Waals surface area contributed by atoms with Crippen molar-refractivity contribution in [2.75, 3.05) is 0 Å². The number of rotatable bonds is 6. The summed E-state index contributed by atoms with van der Waals surface area (Å²) in [5.41, 5.74) is 0.947. The van der Waals surface area contributed by atoms with E-state index < -0.39 is 24.1 Å². The highest BCUT2D eigenvalue weighted by molar-refractivity contribution is 6.31. The highest BCUT2D eigenvalue weighted by atomic mass is 35.5. The molecule has 2 aromatic rings. The number of Topliss-reactive ketones (excluding diaryl/α,β-unsaturated/α-hetero) is 2. The maximum Gasteiger partial charge on any atom is 0.234 e. The molecule has 0 N–H and O–H groups in total. The van der Waals surface area contributed by atoms with Crippen LogP contribution in [-0.2, 0) is 14.3 Å². The van der Waals surface area contributed by atoms with Gasteiger partial charge in [0.25, 0.3) is 0 Å². The lowest BCUT2D eigenvalue weighted by atomic mass is 9.98. The van der Waals surface area contributed by atoms with Gasteiger partial charge in [0.2, 0.25) is 12.6 Å². The minimum atomic E-state index is -1.01. The predicted octanol–water partition coefficient (Wildman–Crippen LogP) is 4.04. The number of aldehydes is 2. The molecule has 0 saturated heterocycles. The van der Waals surface area contributed by atoms with Crippen molar-refractivity contribution in [3.63, 3.8) is 0 Å². The van der Waals surface area contributed by atoms with Crippen LogP contribution in [0.1, 0.15) is 57.3 Å². The van der Waals surface area contributed by atoms with E-state index in [1.165, 1.54) is 24.3 Å². The smallest absolute Gasteiger partial charge is 0.234 e. The van der Waals surface area contributed by atoms with Crippen molar-refractivity contribution in [1.82, 2.24) is 0 Å². The number of fused-ring (bicyclic) bond motifs is 6. The van der Waals surface area contributed by atoms with Crippen molar-refractivity contribution in [3.8, 4) is 11.5 Å². The lowest BCUT2D eigenvalue weighted by Crippen LogP contribution is -2.32. The molecule has 4 rings (SSSR count). The molecule has 9 heteroatoms. The summed E-state index contributed by atoms with van der Waals surface area (Å²) in [6.07, 6.45) is -1.71. The molecule has 0 fully saturated rings. The Morgan fingerprint density at radius 3 is 1.59 bits per heavy atom. The molecule has 2 heterocycles. The zero-order valence-corrected chi connectivity index (χ0v) is 16.2. The second-order valence-corrected chi connectivity index (χ2v) is 7.24. The van der Waals surface area contributed by atoms with E-state index in [1.54, 1.807) is 0 Å². The molecule has 0 aromatic heterocycles. The van der Waals surface area contributed by atoms with E-state index in [-0.39, 0.29) is 45.5 Å². The molecule has 2 aromatic carbocycles. The molecule has 0 amide bonds. The van der Waals surface area contributed by atoms with Gasteiger partial charge in [-0.2, -0.15) is 0 Å². The Bertz CT molecular complexity index is 980. The Morgan fingerprint density at radius 2 is 1.21 bits per heavy atom. The molecule has 0 aliphatic carbocycles. The van der Waals surface area contributed by atoms with Crippen molar-refractivity contribution in [3.05, 3.63) is 56.6 Å². The first-order valence-electron chi connectivity index (χ1n) is 8.52. The molecule has 148 valence electrons. The van der Waals surface area contributed by atoms with E-state index in [0.717, 1.165) is 0 Å². The number of benzene rings is 2. The average Bonchev–Trinajstić information content (AvgIpc) is 2.68. The van der Waals surface area contributed by atoms with Crippen LogP contribution in [-0.4, -0.2) is 24.1 Å². The van der Waals surface area contributed by atoms with Gasteiger partial charge in [-0.1, -0.05) is 23.2 Å². The van der Waals surface area contributed by atoms with Crippen molar-refractivity contribution in [2.45, 2.75) is 25.4 Å². The molecule has 0 spiro atoms. The van der Waals surface area contributed by atoms with Gasteiger partial charge in [0.1, 0.15) is 24.1 Å². The SMILES string of the molecule is O=CCC(=O)c1cc(Cl)cc2c1OC1OC2Oc2c(C(=O)CC=O)cc(Cl)cc21. The Balaban J connectivity index is 1.83. The number of halogens is 2. The normalized spacial score (nSPS) is 18.6. The molecule has 2 aliphatic rings. The zero-order valence-electron chi connectivity index (χ0n) is 14.6. The van der Waals surface area contributed by atoms with Gasteiger partial charge in [-0.15, -0.1) is 0 Å². The number of hydrogen-bond donors (Lipinski definition) is 0. The zero-order chi connectivity index (χ0) is 20.7. The van der Waals surface area contributed by atoms with Crippen molar-refractivity contribution in [2.24, 2.45) is 0 Å². The van der Waals surface area contributed by atoms with Crippen molar-refractivity contribution in [1.29, 1.82) is 0 Å². The van der Waals surface area contributed by atoms with Gasteiger partial charge in [-0.05, 0) is 24.3 Å². The van der Waals surface area contributed by atoms with Gasteiger partial charge in [0.15, 0.2) is 11.6 Å². The molecule has 2 aliphatic heterocycles. The molecule has 0 radical (unpaired) electrons. The standard InChI is InChI=1S/C20H12Cl2O7/c21-9-5-11(15(25)1-3-23)17-13(7-9)19-28-18-12(16(26)2-4-24)6-10(22)8-14(18)20(27-17)29-19/h3-8,19-20H,1-2H2. The average molecular weight is 435 g/mol. The molecule has 2 unspecified atom stereocenters. The van der Waals surface area contributed by atoms with Gasteiger partial charge in [-0.25, -0.2) is 0 Å². The Labute approximate surface area is 174 Å². The Kier molecular flexibility index (Phi) is 5.12. The summed E-state index contributed by atoms with van der Waals surface area (Å²) in [5.74, 6) is -0.554. The highest BCUT2D eigenvalue weighted by Gasteiger charge is 2.41. The van der Waals surface area contributed by atoms with Crippen LogP contribution in [0.25, 0.3) is 0 Å². The Morgan fingerprint density at radius 1 is 0.793 bits per heavy atom. The maximum atomic E-state index is 12.4. The second kappa shape index (κ2) is 7.59. The van der Waals surface area contributed by atoms with Gasteiger partial charge < -0.3 is 19.1 Å². The fourth-order valence-corrected chi connectivity index (χ4v) is 3.74. The van der Waals surface area contributed by atoms with Crippen LogP contribution in [0.5, 0.6) is 11.5 Å². The molecule has 29 heavy (non-hydrogen) atoms. The van der Waals surface area contributed by atoms with Crippen molar-refractivity contribution >= 4 is 47.3 Å². The van der Waals surface area contributed by atoms with Crippen LogP contribution in [0.15, 0.2) is 24.3 Å². The van der Waals surface area contributed by atoms with E-state index in [2.05, 4.69) is 0 Å². The fraction of sp³-hybridized carbons (Fsp3) is 0.200. The summed E-state index contributed by atoms with van der Waals surface area (Å²) in [6, 6.07) is 5.85. The first-order chi connectivity index (χ1) is 13.9. The van der Waals surface area contributed by atoms with Gasteiger partial charge in [-0.3, -0.25) is 14.3 Å². The third-order valence-corrected chi connectivity index (χ3v) is 4.94. The van der Waals surface area contributed by atoms with E-state index in [1.807, 2.05) is 0 Å². The summed E-state index contributed by atoms with van der Waals surface area (Å²) in [4.78, 5) is 46.3. The number of carbonyl (C=O) groups excluding carboxylic acids is 4. The third kappa shape index (κ3) is 3.42. The Hall–Kier alpha value is -2.74.